The summed E-state index contributed by atoms with van der Waals surface area (Å²) in [5.74, 6) is 0.604. The van der Waals surface area contributed by atoms with Crippen molar-refractivity contribution in [3.63, 3.8) is 0 Å². The first kappa shape index (κ1) is 19.7. The van der Waals surface area contributed by atoms with E-state index in [1.165, 1.54) is 31.6 Å². The average Bonchev–Trinajstić information content (AvgIpc) is 2.77. The fourth-order valence-electron chi connectivity index (χ4n) is 2.85. The molecule has 0 saturated carbocycles. The minimum Gasteiger partial charge on any atom is -0.496 e. The second-order valence-electron chi connectivity index (χ2n) is 6.21. The maximum atomic E-state index is 12.8. The molecule has 7 heteroatoms. The predicted octanol–water partition coefficient (Wildman–Crippen LogP) is 5.58. The maximum Gasteiger partial charge on any atom is 0.347 e. The van der Waals surface area contributed by atoms with E-state index < -0.39 is 5.97 Å². The van der Waals surface area contributed by atoms with E-state index >= 15 is 0 Å². The van der Waals surface area contributed by atoms with E-state index in [9.17, 15) is 9.59 Å². The molecule has 0 amide bonds. The summed E-state index contributed by atoms with van der Waals surface area (Å²) in [4.78, 5) is 25.2. The highest BCUT2D eigenvalue weighted by Crippen LogP contribution is 2.29. The molecule has 6 nitrogen and oxygen atoms in total. The number of rotatable bonds is 5. The van der Waals surface area contributed by atoms with Gasteiger partial charge in [0.2, 0.25) is 11.2 Å². The van der Waals surface area contributed by atoms with Gasteiger partial charge in [-0.2, -0.15) is 0 Å². The SMILES string of the molecule is COc1ccccc1C(=O)Oc1ccc2c(=O)c(Oc3ccccc3Br)coc2c1. The summed E-state index contributed by atoms with van der Waals surface area (Å²) in [5, 5.41) is 0.302. The Balaban J connectivity index is 1.62. The summed E-state index contributed by atoms with van der Waals surface area (Å²) in [5.41, 5.74) is 0.221. The van der Waals surface area contributed by atoms with Crippen molar-refractivity contribution in [3.05, 3.63) is 93.3 Å². The minimum atomic E-state index is -0.581. The van der Waals surface area contributed by atoms with Gasteiger partial charge in [0.1, 0.15) is 34.7 Å². The lowest BCUT2D eigenvalue weighted by molar-refractivity contribution is 0.0731. The van der Waals surface area contributed by atoms with Crippen LogP contribution in [0.5, 0.6) is 23.0 Å². The first-order valence-electron chi connectivity index (χ1n) is 8.90. The number of hydrogen-bond acceptors (Lipinski definition) is 6. The van der Waals surface area contributed by atoms with Gasteiger partial charge in [-0.1, -0.05) is 24.3 Å². The van der Waals surface area contributed by atoms with Crippen molar-refractivity contribution < 1.29 is 23.4 Å². The summed E-state index contributed by atoms with van der Waals surface area (Å²) in [6.45, 7) is 0. The van der Waals surface area contributed by atoms with Crippen LogP contribution < -0.4 is 19.6 Å². The molecule has 4 aromatic rings. The Hall–Kier alpha value is -3.58. The first-order valence-corrected chi connectivity index (χ1v) is 9.69. The molecular formula is C23H15BrO6. The highest BCUT2D eigenvalue weighted by molar-refractivity contribution is 9.10. The number of ether oxygens (including phenoxy) is 3. The zero-order valence-electron chi connectivity index (χ0n) is 15.8. The quantitative estimate of drug-likeness (QED) is 0.282. The van der Waals surface area contributed by atoms with Gasteiger partial charge in [-0.3, -0.25) is 4.79 Å². The first-order chi connectivity index (χ1) is 14.6. The zero-order chi connectivity index (χ0) is 21.1. The molecule has 0 spiro atoms. The van der Waals surface area contributed by atoms with E-state index in [1.807, 2.05) is 6.07 Å². The van der Waals surface area contributed by atoms with Crippen LogP contribution >= 0.6 is 15.9 Å². The Labute approximate surface area is 179 Å². The molecule has 1 heterocycles. The van der Waals surface area contributed by atoms with E-state index in [2.05, 4.69) is 15.9 Å². The normalized spacial score (nSPS) is 10.6. The van der Waals surface area contributed by atoms with Gasteiger partial charge in [-0.25, -0.2) is 4.79 Å². The van der Waals surface area contributed by atoms with Crippen LogP contribution in [-0.4, -0.2) is 13.1 Å². The van der Waals surface area contributed by atoms with Crippen molar-refractivity contribution >= 4 is 32.9 Å². The largest absolute Gasteiger partial charge is 0.496 e. The molecule has 0 aliphatic rings. The molecule has 30 heavy (non-hydrogen) atoms. The Morgan fingerprint density at radius 1 is 0.933 bits per heavy atom. The monoisotopic (exact) mass is 466 g/mol. The molecule has 0 bridgehead atoms. The standard InChI is InChI=1S/C23H15BrO6/c1-27-18-8-4-2-6-16(18)23(26)29-14-10-11-15-20(12-14)28-13-21(22(15)25)30-19-9-5-3-7-17(19)24/h2-13H,1H3. The molecule has 150 valence electrons. The Morgan fingerprint density at radius 3 is 2.43 bits per heavy atom. The number of methoxy groups -OCH3 is 1. The van der Waals surface area contributed by atoms with Crippen LogP contribution in [-0.2, 0) is 0 Å². The van der Waals surface area contributed by atoms with E-state index in [1.54, 1.807) is 42.5 Å². The van der Waals surface area contributed by atoms with Crippen LogP contribution in [0.2, 0.25) is 0 Å². The summed E-state index contributed by atoms with van der Waals surface area (Å²) in [6, 6.07) is 18.4. The molecule has 0 radical (unpaired) electrons. The third-order valence-electron chi connectivity index (χ3n) is 4.31. The van der Waals surface area contributed by atoms with E-state index in [0.717, 1.165) is 0 Å². The van der Waals surface area contributed by atoms with Crippen LogP contribution in [0, 0.1) is 0 Å². The highest BCUT2D eigenvalue weighted by Gasteiger charge is 2.16. The highest BCUT2D eigenvalue weighted by atomic mass is 79.9. The lowest BCUT2D eigenvalue weighted by Crippen LogP contribution is -2.10. The molecule has 0 fully saturated rings. The number of esters is 1. The number of halogens is 1. The second kappa shape index (κ2) is 8.42. The fourth-order valence-corrected chi connectivity index (χ4v) is 3.21. The smallest absolute Gasteiger partial charge is 0.347 e. The van der Waals surface area contributed by atoms with Gasteiger partial charge in [-0.05, 0) is 52.3 Å². The van der Waals surface area contributed by atoms with Crippen LogP contribution in [0.4, 0.5) is 0 Å². The molecular weight excluding hydrogens is 452 g/mol. The third kappa shape index (κ3) is 3.92. The number of benzene rings is 3. The van der Waals surface area contributed by atoms with Crippen molar-refractivity contribution in [1.82, 2.24) is 0 Å². The topological polar surface area (TPSA) is 75.0 Å². The van der Waals surface area contributed by atoms with E-state index in [-0.39, 0.29) is 22.5 Å². The summed E-state index contributed by atoms with van der Waals surface area (Å²) >= 11 is 3.37. The average molecular weight is 467 g/mol. The summed E-state index contributed by atoms with van der Waals surface area (Å²) in [6.07, 6.45) is 1.23. The van der Waals surface area contributed by atoms with Gasteiger partial charge >= 0.3 is 5.97 Å². The maximum absolute atomic E-state index is 12.8. The van der Waals surface area contributed by atoms with Gasteiger partial charge in [0.25, 0.3) is 0 Å². The van der Waals surface area contributed by atoms with Gasteiger partial charge in [-0.15, -0.1) is 0 Å². The number of fused-ring (bicyclic) bond motifs is 1. The molecule has 4 rings (SSSR count). The zero-order valence-corrected chi connectivity index (χ0v) is 17.3. The summed E-state index contributed by atoms with van der Waals surface area (Å²) in [7, 11) is 1.48. The molecule has 0 unspecified atom stereocenters. The number of para-hydroxylation sites is 2. The number of carbonyl (C=O) groups excluding carboxylic acids is 1. The van der Waals surface area contributed by atoms with Crippen LogP contribution in [0.1, 0.15) is 10.4 Å². The van der Waals surface area contributed by atoms with Crippen molar-refractivity contribution in [2.45, 2.75) is 0 Å². The van der Waals surface area contributed by atoms with Crippen molar-refractivity contribution in [2.24, 2.45) is 0 Å². The number of hydrogen-bond donors (Lipinski definition) is 0. The van der Waals surface area contributed by atoms with Crippen molar-refractivity contribution in [2.75, 3.05) is 7.11 Å². The van der Waals surface area contributed by atoms with Crippen molar-refractivity contribution in [3.8, 4) is 23.0 Å². The Kier molecular flexibility index (Phi) is 5.54. The lowest BCUT2D eigenvalue weighted by atomic mass is 10.2. The van der Waals surface area contributed by atoms with Gasteiger partial charge in [0.15, 0.2) is 0 Å². The molecule has 0 N–H and O–H groups in total. The number of carbonyl (C=O) groups is 1. The third-order valence-corrected chi connectivity index (χ3v) is 4.96. The molecule has 0 saturated heterocycles. The van der Waals surface area contributed by atoms with Crippen LogP contribution in [0.3, 0.4) is 0 Å². The Morgan fingerprint density at radius 2 is 1.67 bits per heavy atom. The predicted molar refractivity (Wildman–Crippen MR) is 115 cm³/mol. The molecule has 1 aromatic heterocycles. The molecule has 3 aromatic carbocycles. The van der Waals surface area contributed by atoms with Gasteiger partial charge in [0.05, 0.1) is 17.0 Å². The lowest BCUT2D eigenvalue weighted by Gasteiger charge is -2.09. The van der Waals surface area contributed by atoms with E-state index in [4.69, 9.17) is 18.6 Å². The summed E-state index contributed by atoms with van der Waals surface area (Å²) < 4.78 is 22.5. The fraction of sp³-hybridized carbons (Fsp3) is 0.0435. The minimum absolute atomic E-state index is 0.0492. The molecule has 0 aliphatic carbocycles. The molecule has 0 aliphatic heterocycles. The van der Waals surface area contributed by atoms with Crippen LogP contribution in [0.15, 0.2) is 86.7 Å². The van der Waals surface area contributed by atoms with Gasteiger partial charge in [0, 0.05) is 6.07 Å². The van der Waals surface area contributed by atoms with Crippen molar-refractivity contribution in [1.29, 1.82) is 0 Å². The van der Waals surface area contributed by atoms with Gasteiger partial charge < -0.3 is 18.6 Å². The Bertz CT molecular complexity index is 1290. The van der Waals surface area contributed by atoms with Crippen LogP contribution in [0.25, 0.3) is 11.0 Å². The van der Waals surface area contributed by atoms with E-state index in [0.29, 0.717) is 26.9 Å². The molecule has 0 atom stereocenters. The second-order valence-corrected chi connectivity index (χ2v) is 7.06.